The standard InChI is InChI=1S/C13H26ClNO4S/c1-9(2)10(13(6,7)8-20(14,17)18)15-11(16)19-12(3,4)5/h9-10H,8H2,1-7H3,(H,15,16). The van der Waals surface area contributed by atoms with Crippen molar-refractivity contribution in [1.29, 1.82) is 0 Å². The van der Waals surface area contributed by atoms with Crippen molar-refractivity contribution in [2.24, 2.45) is 11.3 Å². The summed E-state index contributed by atoms with van der Waals surface area (Å²) in [6, 6.07) is -0.370. The second-order valence-electron chi connectivity index (χ2n) is 7.04. The SMILES string of the molecule is CC(C)C(NC(=O)OC(C)(C)C)C(C)(C)CS(=O)(=O)Cl. The molecule has 0 rings (SSSR count). The molecule has 0 aromatic rings. The second-order valence-corrected chi connectivity index (χ2v) is 9.82. The highest BCUT2D eigenvalue weighted by Gasteiger charge is 2.37. The number of carbonyl (C=O) groups excluding carboxylic acids is 1. The Bertz CT molecular complexity index is 438. The predicted octanol–water partition coefficient (Wildman–Crippen LogP) is 3.13. The van der Waals surface area contributed by atoms with E-state index in [1.807, 2.05) is 13.8 Å². The minimum atomic E-state index is -3.65. The fourth-order valence-electron chi connectivity index (χ4n) is 2.23. The molecule has 0 aliphatic rings. The fraction of sp³-hybridized carbons (Fsp3) is 0.923. The monoisotopic (exact) mass is 327 g/mol. The van der Waals surface area contributed by atoms with Gasteiger partial charge in [0.05, 0.1) is 5.75 Å². The number of hydrogen-bond donors (Lipinski definition) is 1. The summed E-state index contributed by atoms with van der Waals surface area (Å²) < 4.78 is 27.8. The molecular weight excluding hydrogens is 302 g/mol. The quantitative estimate of drug-likeness (QED) is 0.787. The molecule has 0 saturated heterocycles. The maximum absolute atomic E-state index is 11.9. The molecule has 0 aromatic carbocycles. The van der Waals surface area contributed by atoms with E-state index in [4.69, 9.17) is 15.4 Å². The first-order chi connectivity index (χ1) is 8.64. The molecule has 1 unspecified atom stereocenters. The minimum absolute atomic E-state index is 0.0379. The Morgan fingerprint density at radius 2 is 1.65 bits per heavy atom. The van der Waals surface area contributed by atoms with Gasteiger partial charge in [-0.3, -0.25) is 0 Å². The van der Waals surface area contributed by atoms with Crippen molar-refractivity contribution in [1.82, 2.24) is 5.32 Å². The van der Waals surface area contributed by atoms with Crippen LogP contribution in [0.5, 0.6) is 0 Å². The number of amides is 1. The Labute approximate surface area is 126 Å². The molecule has 1 amide bonds. The molecule has 0 aromatic heterocycles. The van der Waals surface area contributed by atoms with E-state index in [-0.39, 0.29) is 17.7 Å². The Morgan fingerprint density at radius 1 is 1.20 bits per heavy atom. The van der Waals surface area contributed by atoms with E-state index in [1.165, 1.54) is 0 Å². The second kappa shape index (κ2) is 6.52. The van der Waals surface area contributed by atoms with Crippen molar-refractivity contribution in [3.05, 3.63) is 0 Å². The molecule has 1 N–H and O–H groups in total. The van der Waals surface area contributed by atoms with Crippen LogP contribution >= 0.6 is 10.7 Å². The highest BCUT2D eigenvalue weighted by atomic mass is 35.7. The van der Waals surface area contributed by atoms with E-state index in [2.05, 4.69) is 5.32 Å². The number of hydrogen-bond acceptors (Lipinski definition) is 4. The van der Waals surface area contributed by atoms with E-state index in [9.17, 15) is 13.2 Å². The van der Waals surface area contributed by atoms with Gasteiger partial charge in [-0.2, -0.15) is 0 Å². The van der Waals surface area contributed by atoms with Gasteiger partial charge in [0.15, 0.2) is 0 Å². The molecular formula is C13H26ClNO4S. The maximum Gasteiger partial charge on any atom is 0.407 e. The number of alkyl carbamates (subject to hydrolysis) is 1. The topological polar surface area (TPSA) is 72.5 Å². The summed E-state index contributed by atoms with van der Waals surface area (Å²) in [6.45, 7) is 12.6. The van der Waals surface area contributed by atoms with E-state index >= 15 is 0 Å². The number of rotatable bonds is 5. The van der Waals surface area contributed by atoms with Gasteiger partial charge in [-0.25, -0.2) is 13.2 Å². The largest absolute Gasteiger partial charge is 0.444 e. The summed E-state index contributed by atoms with van der Waals surface area (Å²) in [5.41, 5.74) is -1.31. The minimum Gasteiger partial charge on any atom is -0.444 e. The van der Waals surface area contributed by atoms with Crippen LogP contribution in [-0.2, 0) is 13.8 Å². The van der Waals surface area contributed by atoms with Crippen molar-refractivity contribution in [3.63, 3.8) is 0 Å². The van der Waals surface area contributed by atoms with Crippen LogP contribution in [0.3, 0.4) is 0 Å². The lowest BCUT2D eigenvalue weighted by Gasteiger charge is -2.37. The van der Waals surface area contributed by atoms with Gasteiger partial charge in [0, 0.05) is 22.1 Å². The molecule has 1 atom stereocenters. The molecule has 7 heteroatoms. The van der Waals surface area contributed by atoms with Crippen LogP contribution in [-0.4, -0.2) is 31.9 Å². The molecule has 0 bridgehead atoms. The van der Waals surface area contributed by atoms with Crippen molar-refractivity contribution in [2.45, 2.75) is 60.1 Å². The summed E-state index contributed by atoms with van der Waals surface area (Å²) in [5.74, 6) is -0.184. The first-order valence-corrected chi connectivity index (χ1v) is 9.04. The third-order valence-corrected chi connectivity index (χ3v) is 4.14. The van der Waals surface area contributed by atoms with Crippen LogP contribution in [0.1, 0.15) is 48.5 Å². The highest BCUT2D eigenvalue weighted by Crippen LogP contribution is 2.29. The van der Waals surface area contributed by atoms with Gasteiger partial charge in [-0.1, -0.05) is 27.7 Å². The molecule has 0 aliphatic heterocycles. The zero-order chi connectivity index (χ0) is 16.4. The molecule has 0 aliphatic carbocycles. The Morgan fingerprint density at radius 3 is 1.95 bits per heavy atom. The fourth-order valence-corrected chi connectivity index (χ4v) is 4.14. The lowest BCUT2D eigenvalue weighted by Crippen LogP contribution is -2.51. The van der Waals surface area contributed by atoms with E-state index < -0.39 is 26.2 Å². The van der Waals surface area contributed by atoms with Crippen LogP contribution in [0.2, 0.25) is 0 Å². The molecule has 20 heavy (non-hydrogen) atoms. The molecule has 0 radical (unpaired) electrons. The first-order valence-electron chi connectivity index (χ1n) is 6.56. The smallest absolute Gasteiger partial charge is 0.407 e. The number of halogens is 1. The van der Waals surface area contributed by atoms with Gasteiger partial charge in [0.1, 0.15) is 5.60 Å². The predicted molar refractivity (Wildman–Crippen MR) is 81.4 cm³/mol. The van der Waals surface area contributed by atoms with Gasteiger partial charge < -0.3 is 10.1 Å². The Hall–Kier alpha value is -0.490. The van der Waals surface area contributed by atoms with Crippen LogP contribution < -0.4 is 5.32 Å². The normalized spacial score (nSPS) is 15.1. The van der Waals surface area contributed by atoms with Gasteiger partial charge in [0.25, 0.3) is 0 Å². The highest BCUT2D eigenvalue weighted by molar-refractivity contribution is 8.13. The van der Waals surface area contributed by atoms with Crippen LogP contribution in [0.4, 0.5) is 4.79 Å². The third-order valence-electron chi connectivity index (χ3n) is 2.73. The Balaban J connectivity index is 5.03. The summed E-state index contributed by atoms with van der Waals surface area (Å²) in [5, 5.41) is 2.75. The molecule has 0 saturated carbocycles. The number of nitrogens with one attached hydrogen (secondary N) is 1. The Kier molecular flexibility index (Phi) is 6.36. The summed E-state index contributed by atoms with van der Waals surface area (Å²) in [4.78, 5) is 11.9. The lowest BCUT2D eigenvalue weighted by molar-refractivity contribution is 0.0437. The maximum atomic E-state index is 11.9. The summed E-state index contributed by atoms with van der Waals surface area (Å²) >= 11 is 0. The van der Waals surface area contributed by atoms with Crippen LogP contribution in [0, 0.1) is 11.3 Å². The lowest BCUT2D eigenvalue weighted by atomic mass is 9.80. The third kappa shape index (κ3) is 7.94. The van der Waals surface area contributed by atoms with Crippen LogP contribution in [0.25, 0.3) is 0 Å². The average Bonchev–Trinajstić information content (AvgIpc) is 2.05. The number of carbonyl (C=O) groups is 1. The van der Waals surface area contributed by atoms with Crippen molar-refractivity contribution >= 4 is 25.8 Å². The summed E-state index contributed by atoms with van der Waals surface area (Å²) in [7, 11) is 1.69. The van der Waals surface area contributed by atoms with Gasteiger partial charge >= 0.3 is 6.09 Å². The zero-order valence-electron chi connectivity index (χ0n) is 13.3. The molecule has 0 spiro atoms. The molecule has 0 heterocycles. The van der Waals surface area contributed by atoms with Crippen molar-refractivity contribution in [3.8, 4) is 0 Å². The molecule has 5 nitrogen and oxygen atoms in total. The molecule has 120 valence electrons. The van der Waals surface area contributed by atoms with Gasteiger partial charge in [-0.15, -0.1) is 0 Å². The van der Waals surface area contributed by atoms with Gasteiger partial charge in [0.2, 0.25) is 9.05 Å². The molecule has 0 fully saturated rings. The first kappa shape index (κ1) is 19.5. The van der Waals surface area contributed by atoms with Crippen LogP contribution in [0.15, 0.2) is 0 Å². The zero-order valence-corrected chi connectivity index (χ0v) is 14.9. The average molecular weight is 328 g/mol. The van der Waals surface area contributed by atoms with E-state index in [0.717, 1.165) is 0 Å². The summed E-state index contributed by atoms with van der Waals surface area (Å²) in [6.07, 6.45) is -0.559. The van der Waals surface area contributed by atoms with E-state index in [1.54, 1.807) is 34.6 Å². The van der Waals surface area contributed by atoms with Crippen molar-refractivity contribution < 1.29 is 17.9 Å². The van der Waals surface area contributed by atoms with Gasteiger partial charge in [-0.05, 0) is 26.7 Å². The van der Waals surface area contributed by atoms with Crippen molar-refractivity contribution in [2.75, 3.05) is 5.75 Å². The number of ether oxygens (including phenoxy) is 1. The van der Waals surface area contributed by atoms with E-state index in [0.29, 0.717) is 0 Å².